The Morgan fingerprint density at radius 2 is 2.06 bits per heavy atom. The van der Waals surface area contributed by atoms with Gasteiger partial charge in [0.05, 0.1) is 6.04 Å². The van der Waals surface area contributed by atoms with E-state index in [9.17, 15) is 9.59 Å². The van der Waals surface area contributed by atoms with E-state index in [4.69, 9.17) is 11.5 Å². The number of hydrogen-bond donors (Lipinski definition) is 3. The maximum Gasteiger partial charge on any atom is 0.248 e. The van der Waals surface area contributed by atoms with Gasteiger partial charge in [-0.3, -0.25) is 9.59 Å². The number of amides is 2. The van der Waals surface area contributed by atoms with Gasteiger partial charge in [0.15, 0.2) is 0 Å². The van der Waals surface area contributed by atoms with Crippen LogP contribution >= 0.6 is 0 Å². The SMILES string of the molecule is CC(NCc1cccc(C(N)=O)c1)C(N)=O. The average Bonchev–Trinajstić information content (AvgIpc) is 2.26. The van der Waals surface area contributed by atoms with Crippen LogP contribution in [0.1, 0.15) is 22.8 Å². The van der Waals surface area contributed by atoms with Gasteiger partial charge in [-0.05, 0) is 24.6 Å². The van der Waals surface area contributed by atoms with Crippen LogP contribution in [0.3, 0.4) is 0 Å². The highest BCUT2D eigenvalue weighted by Gasteiger charge is 2.07. The molecule has 0 heterocycles. The molecule has 0 aliphatic rings. The molecule has 2 amide bonds. The molecule has 0 saturated carbocycles. The number of rotatable bonds is 5. The minimum atomic E-state index is -0.468. The lowest BCUT2D eigenvalue weighted by Gasteiger charge is -2.10. The van der Waals surface area contributed by atoms with E-state index in [-0.39, 0.29) is 0 Å². The molecule has 5 heteroatoms. The van der Waals surface area contributed by atoms with Crippen molar-refractivity contribution in [3.8, 4) is 0 Å². The molecule has 0 aliphatic heterocycles. The van der Waals surface area contributed by atoms with E-state index >= 15 is 0 Å². The molecule has 5 N–H and O–H groups in total. The van der Waals surface area contributed by atoms with E-state index in [1.165, 1.54) is 0 Å². The van der Waals surface area contributed by atoms with Gasteiger partial charge in [0.1, 0.15) is 0 Å². The molecular weight excluding hydrogens is 206 g/mol. The largest absolute Gasteiger partial charge is 0.368 e. The fourth-order valence-electron chi connectivity index (χ4n) is 1.21. The summed E-state index contributed by atoms with van der Waals surface area (Å²) in [5.74, 6) is -0.879. The van der Waals surface area contributed by atoms with Gasteiger partial charge < -0.3 is 16.8 Å². The second kappa shape index (κ2) is 5.27. The number of hydrogen-bond acceptors (Lipinski definition) is 3. The molecule has 5 nitrogen and oxygen atoms in total. The van der Waals surface area contributed by atoms with Crippen molar-refractivity contribution in [3.05, 3.63) is 35.4 Å². The molecule has 86 valence electrons. The predicted molar refractivity (Wildman–Crippen MR) is 60.5 cm³/mol. The summed E-state index contributed by atoms with van der Waals surface area (Å²) < 4.78 is 0. The maximum absolute atomic E-state index is 10.9. The molecule has 0 aliphatic carbocycles. The normalized spacial score (nSPS) is 12.1. The molecule has 1 atom stereocenters. The van der Waals surface area contributed by atoms with Gasteiger partial charge in [0.2, 0.25) is 11.8 Å². The second-order valence-corrected chi connectivity index (χ2v) is 3.57. The molecular formula is C11H15N3O2. The number of carbonyl (C=O) groups is 2. The van der Waals surface area contributed by atoms with Crippen molar-refractivity contribution in [1.82, 2.24) is 5.32 Å². The Morgan fingerprint density at radius 1 is 1.38 bits per heavy atom. The summed E-state index contributed by atoms with van der Waals surface area (Å²) in [6, 6.07) is 6.50. The summed E-state index contributed by atoms with van der Waals surface area (Å²) in [6.07, 6.45) is 0. The standard InChI is InChI=1S/C11H15N3O2/c1-7(10(12)15)14-6-8-3-2-4-9(5-8)11(13)16/h2-5,7,14H,6H2,1H3,(H2,12,15)(H2,13,16). The number of nitrogens with one attached hydrogen (secondary N) is 1. The smallest absolute Gasteiger partial charge is 0.248 e. The van der Waals surface area contributed by atoms with E-state index < -0.39 is 17.9 Å². The fourth-order valence-corrected chi connectivity index (χ4v) is 1.21. The minimum Gasteiger partial charge on any atom is -0.368 e. The third kappa shape index (κ3) is 3.36. The third-order valence-electron chi connectivity index (χ3n) is 2.25. The topological polar surface area (TPSA) is 98.2 Å². The van der Waals surface area contributed by atoms with Crippen LogP contribution in [0.2, 0.25) is 0 Å². The molecule has 0 radical (unpaired) electrons. The summed E-state index contributed by atoms with van der Waals surface area (Å²) in [6.45, 7) is 2.14. The van der Waals surface area contributed by atoms with Gasteiger partial charge in [0.25, 0.3) is 0 Å². The molecule has 0 spiro atoms. The molecule has 0 aromatic heterocycles. The lowest BCUT2D eigenvalue weighted by molar-refractivity contribution is -0.119. The van der Waals surface area contributed by atoms with Gasteiger partial charge >= 0.3 is 0 Å². The van der Waals surface area contributed by atoms with E-state index in [1.54, 1.807) is 25.1 Å². The van der Waals surface area contributed by atoms with Crippen molar-refractivity contribution in [3.63, 3.8) is 0 Å². The summed E-state index contributed by atoms with van der Waals surface area (Å²) in [7, 11) is 0. The quantitative estimate of drug-likeness (QED) is 0.639. The van der Waals surface area contributed by atoms with Crippen LogP contribution in [0.4, 0.5) is 0 Å². The number of primary amides is 2. The van der Waals surface area contributed by atoms with Crippen molar-refractivity contribution in [1.29, 1.82) is 0 Å². The molecule has 1 unspecified atom stereocenters. The van der Waals surface area contributed by atoms with Crippen LogP contribution in [-0.2, 0) is 11.3 Å². The first-order valence-electron chi connectivity index (χ1n) is 4.92. The van der Waals surface area contributed by atoms with Crippen LogP contribution in [0.15, 0.2) is 24.3 Å². The Hall–Kier alpha value is -1.88. The average molecular weight is 221 g/mol. The van der Waals surface area contributed by atoms with Crippen LogP contribution < -0.4 is 16.8 Å². The lowest BCUT2D eigenvalue weighted by Crippen LogP contribution is -2.38. The van der Waals surface area contributed by atoms with Gasteiger partial charge in [-0.1, -0.05) is 12.1 Å². The summed E-state index contributed by atoms with van der Waals surface area (Å²) in [5.41, 5.74) is 11.6. The van der Waals surface area contributed by atoms with Crippen LogP contribution in [0.25, 0.3) is 0 Å². The molecule has 0 fully saturated rings. The van der Waals surface area contributed by atoms with Gasteiger partial charge in [0, 0.05) is 12.1 Å². The third-order valence-corrected chi connectivity index (χ3v) is 2.25. The lowest BCUT2D eigenvalue weighted by atomic mass is 10.1. The molecule has 1 aromatic carbocycles. The van der Waals surface area contributed by atoms with Gasteiger partial charge in [-0.25, -0.2) is 0 Å². The van der Waals surface area contributed by atoms with Gasteiger partial charge in [-0.2, -0.15) is 0 Å². The Balaban J connectivity index is 2.64. The second-order valence-electron chi connectivity index (χ2n) is 3.57. The Labute approximate surface area is 93.8 Å². The molecule has 1 rings (SSSR count). The number of nitrogens with two attached hydrogens (primary N) is 2. The highest BCUT2D eigenvalue weighted by molar-refractivity contribution is 5.92. The monoisotopic (exact) mass is 221 g/mol. The first-order valence-corrected chi connectivity index (χ1v) is 4.92. The van der Waals surface area contributed by atoms with E-state index in [0.717, 1.165) is 5.56 Å². The van der Waals surface area contributed by atoms with E-state index in [1.807, 2.05) is 6.07 Å². The fraction of sp³-hybridized carbons (Fsp3) is 0.273. The summed E-state index contributed by atoms with van der Waals surface area (Å²) >= 11 is 0. The summed E-state index contributed by atoms with van der Waals surface area (Å²) in [4.78, 5) is 21.7. The number of benzene rings is 1. The number of carbonyl (C=O) groups excluding carboxylic acids is 2. The van der Waals surface area contributed by atoms with E-state index in [0.29, 0.717) is 12.1 Å². The summed E-state index contributed by atoms with van der Waals surface area (Å²) in [5, 5.41) is 2.94. The van der Waals surface area contributed by atoms with Crippen LogP contribution in [-0.4, -0.2) is 17.9 Å². The first kappa shape index (κ1) is 12.2. The maximum atomic E-state index is 10.9. The molecule has 1 aromatic rings. The Kier molecular flexibility index (Phi) is 4.02. The van der Waals surface area contributed by atoms with Crippen molar-refractivity contribution in [2.75, 3.05) is 0 Å². The van der Waals surface area contributed by atoms with Crippen LogP contribution in [0, 0.1) is 0 Å². The van der Waals surface area contributed by atoms with Crippen molar-refractivity contribution < 1.29 is 9.59 Å². The van der Waals surface area contributed by atoms with Crippen molar-refractivity contribution in [2.24, 2.45) is 11.5 Å². The van der Waals surface area contributed by atoms with Crippen molar-refractivity contribution >= 4 is 11.8 Å². The predicted octanol–water partition coefficient (Wildman–Crippen LogP) is -0.251. The highest BCUT2D eigenvalue weighted by atomic mass is 16.1. The van der Waals surface area contributed by atoms with E-state index in [2.05, 4.69) is 5.32 Å². The first-order chi connectivity index (χ1) is 7.50. The minimum absolute atomic E-state index is 0.405. The Bertz CT molecular complexity index is 404. The zero-order valence-corrected chi connectivity index (χ0v) is 9.07. The molecule has 0 bridgehead atoms. The highest BCUT2D eigenvalue weighted by Crippen LogP contribution is 2.04. The van der Waals surface area contributed by atoms with Crippen molar-refractivity contribution in [2.45, 2.75) is 19.5 Å². The zero-order chi connectivity index (χ0) is 12.1. The zero-order valence-electron chi connectivity index (χ0n) is 9.07. The van der Waals surface area contributed by atoms with Gasteiger partial charge in [-0.15, -0.1) is 0 Å². The molecule has 0 saturated heterocycles. The molecule has 16 heavy (non-hydrogen) atoms. The Morgan fingerprint density at radius 3 is 2.62 bits per heavy atom. The van der Waals surface area contributed by atoms with Crippen LogP contribution in [0.5, 0.6) is 0 Å².